The van der Waals surface area contributed by atoms with Crippen LogP contribution in [-0.2, 0) is 6.42 Å². The third-order valence-corrected chi connectivity index (χ3v) is 3.05. The molecule has 1 aromatic carbocycles. The molecule has 1 aliphatic carbocycles. The van der Waals surface area contributed by atoms with Crippen LogP contribution in [0.15, 0.2) is 18.2 Å². The third kappa shape index (κ3) is 2.03. The number of hydrogen-bond acceptors (Lipinski definition) is 1. The van der Waals surface area contributed by atoms with Gasteiger partial charge in [0.25, 0.3) is 0 Å². The summed E-state index contributed by atoms with van der Waals surface area (Å²) in [6.45, 7) is 2.12. The predicted molar refractivity (Wildman–Crippen MR) is 59.1 cm³/mol. The summed E-state index contributed by atoms with van der Waals surface area (Å²) in [6.07, 6.45) is 5.05. The lowest BCUT2D eigenvalue weighted by molar-refractivity contribution is 0.120. The van der Waals surface area contributed by atoms with E-state index in [0.29, 0.717) is 6.10 Å². The zero-order valence-corrected chi connectivity index (χ0v) is 9.18. The highest BCUT2D eigenvalue weighted by Crippen LogP contribution is 2.31. The maximum atomic E-state index is 6.11. The topological polar surface area (TPSA) is 9.23 Å². The Labute approximate surface area is 90.0 Å². The van der Waals surface area contributed by atoms with Gasteiger partial charge in [0, 0.05) is 0 Å². The molecule has 2 rings (SSSR count). The Morgan fingerprint density at radius 1 is 1.43 bits per heavy atom. The average Bonchev–Trinajstić information content (AvgIpc) is 2.13. The van der Waals surface area contributed by atoms with Gasteiger partial charge in [0.15, 0.2) is 0 Å². The molecule has 1 fully saturated rings. The Bertz CT molecular complexity index is 318. The highest BCUT2D eigenvalue weighted by Gasteiger charge is 2.19. The van der Waals surface area contributed by atoms with Crippen LogP contribution in [-0.4, -0.2) is 6.10 Å². The lowest BCUT2D eigenvalue weighted by Gasteiger charge is -2.26. The van der Waals surface area contributed by atoms with E-state index >= 15 is 0 Å². The van der Waals surface area contributed by atoms with Crippen LogP contribution in [0.3, 0.4) is 0 Å². The van der Waals surface area contributed by atoms with E-state index in [0.717, 1.165) is 17.2 Å². The highest BCUT2D eigenvalue weighted by atomic mass is 35.5. The Kier molecular flexibility index (Phi) is 2.97. The minimum Gasteiger partial charge on any atom is -0.489 e. The molecule has 1 saturated carbocycles. The normalized spacial score (nSPS) is 16.4. The minimum atomic E-state index is 0.403. The summed E-state index contributed by atoms with van der Waals surface area (Å²) in [5.41, 5.74) is 1.26. The van der Waals surface area contributed by atoms with Crippen molar-refractivity contribution in [2.45, 2.75) is 38.7 Å². The molecule has 1 aromatic rings. The second-order valence-corrected chi connectivity index (χ2v) is 4.20. The third-order valence-electron chi connectivity index (χ3n) is 2.75. The van der Waals surface area contributed by atoms with Gasteiger partial charge in [-0.1, -0.05) is 24.6 Å². The fourth-order valence-corrected chi connectivity index (χ4v) is 1.78. The quantitative estimate of drug-likeness (QED) is 0.737. The molecule has 0 N–H and O–H groups in total. The minimum absolute atomic E-state index is 0.403. The van der Waals surface area contributed by atoms with Crippen LogP contribution in [0, 0.1) is 0 Å². The van der Waals surface area contributed by atoms with Gasteiger partial charge in [-0.3, -0.25) is 0 Å². The molecule has 0 bridgehead atoms. The second-order valence-electron chi connectivity index (χ2n) is 3.79. The van der Waals surface area contributed by atoms with Crippen LogP contribution in [0.5, 0.6) is 5.75 Å². The molecule has 76 valence electrons. The van der Waals surface area contributed by atoms with Crippen molar-refractivity contribution in [3.8, 4) is 5.75 Å². The fraction of sp³-hybridized carbons (Fsp3) is 0.500. The largest absolute Gasteiger partial charge is 0.489 e. The van der Waals surface area contributed by atoms with E-state index in [1.165, 1.54) is 24.8 Å². The van der Waals surface area contributed by atoms with Gasteiger partial charge in [0.05, 0.1) is 11.1 Å². The molecule has 0 spiro atoms. The Balaban J connectivity index is 2.09. The molecule has 1 aliphatic rings. The Morgan fingerprint density at radius 2 is 2.21 bits per heavy atom. The molecular formula is C12H15ClO. The summed E-state index contributed by atoms with van der Waals surface area (Å²) >= 11 is 6.11. The lowest BCUT2D eigenvalue weighted by atomic mass is 9.96. The lowest BCUT2D eigenvalue weighted by Crippen LogP contribution is -2.24. The Hall–Kier alpha value is -0.690. The molecular weight excluding hydrogens is 196 g/mol. The van der Waals surface area contributed by atoms with E-state index in [1.54, 1.807) is 0 Å². The molecule has 2 heteroatoms. The summed E-state index contributed by atoms with van der Waals surface area (Å²) in [5.74, 6) is 0.841. The van der Waals surface area contributed by atoms with Gasteiger partial charge in [-0.25, -0.2) is 0 Å². The SMILES string of the molecule is CCc1ccc(OC2CCC2)c(Cl)c1. The predicted octanol–water partition coefficient (Wildman–Crippen LogP) is 3.83. The molecule has 0 aromatic heterocycles. The van der Waals surface area contributed by atoms with Gasteiger partial charge in [0.1, 0.15) is 5.75 Å². The number of hydrogen-bond donors (Lipinski definition) is 0. The maximum absolute atomic E-state index is 6.11. The first-order valence-corrected chi connectivity index (χ1v) is 5.62. The van der Waals surface area contributed by atoms with Gasteiger partial charge in [-0.05, 0) is 43.4 Å². The Morgan fingerprint density at radius 3 is 2.71 bits per heavy atom. The molecule has 0 aliphatic heterocycles. The van der Waals surface area contributed by atoms with Crippen molar-refractivity contribution >= 4 is 11.6 Å². The monoisotopic (exact) mass is 210 g/mol. The zero-order chi connectivity index (χ0) is 9.97. The van der Waals surface area contributed by atoms with Crippen molar-refractivity contribution in [2.24, 2.45) is 0 Å². The van der Waals surface area contributed by atoms with Crippen LogP contribution in [0.2, 0.25) is 5.02 Å². The second kappa shape index (κ2) is 4.22. The van der Waals surface area contributed by atoms with E-state index in [-0.39, 0.29) is 0 Å². The van der Waals surface area contributed by atoms with Crippen LogP contribution >= 0.6 is 11.6 Å². The van der Waals surface area contributed by atoms with Crippen molar-refractivity contribution in [2.75, 3.05) is 0 Å². The summed E-state index contributed by atoms with van der Waals surface area (Å²) in [5, 5.41) is 0.747. The molecule has 0 unspecified atom stereocenters. The standard InChI is InChI=1S/C12H15ClO/c1-2-9-6-7-12(11(13)8-9)14-10-4-3-5-10/h6-8,10H,2-5H2,1H3. The molecule has 0 atom stereocenters. The van der Waals surface area contributed by atoms with Crippen LogP contribution in [0.25, 0.3) is 0 Å². The molecule has 14 heavy (non-hydrogen) atoms. The van der Waals surface area contributed by atoms with E-state index in [2.05, 4.69) is 13.0 Å². The number of halogens is 1. The molecule has 0 radical (unpaired) electrons. The van der Waals surface area contributed by atoms with Crippen molar-refractivity contribution in [1.82, 2.24) is 0 Å². The average molecular weight is 211 g/mol. The van der Waals surface area contributed by atoms with Crippen molar-refractivity contribution < 1.29 is 4.74 Å². The number of rotatable bonds is 3. The van der Waals surface area contributed by atoms with E-state index < -0.39 is 0 Å². The van der Waals surface area contributed by atoms with Crippen molar-refractivity contribution in [3.63, 3.8) is 0 Å². The van der Waals surface area contributed by atoms with Gasteiger partial charge in [-0.2, -0.15) is 0 Å². The first-order valence-electron chi connectivity index (χ1n) is 5.24. The zero-order valence-electron chi connectivity index (χ0n) is 8.42. The van der Waals surface area contributed by atoms with E-state index in [9.17, 15) is 0 Å². The summed E-state index contributed by atoms with van der Waals surface area (Å²) in [6, 6.07) is 6.06. The number of aryl methyl sites for hydroxylation is 1. The van der Waals surface area contributed by atoms with E-state index in [1.807, 2.05) is 12.1 Å². The molecule has 0 heterocycles. The van der Waals surface area contributed by atoms with Gasteiger partial charge >= 0.3 is 0 Å². The summed E-state index contributed by atoms with van der Waals surface area (Å²) in [7, 11) is 0. The molecule has 1 nitrogen and oxygen atoms in total. The van der Waals surface area contributed by atoms with Gasteiger partial charge < -0.3 is 4.74 Å². The summed E-state index contributed by atoms with van der Waals surface area (Å²) in [4.78, 5) is 0. The van der Waals surface area contributed by atoms with Crippen LogP contribution in [0.4, 0.5) is 0 Å². The number of benzene rings is 1. The first kappa shape index (κ1) is 9.85. The number of ether oxygens (including phenoxy) is 1. The van der Waals surface area contributed by atoms with E-state index in [4.69, 9.17) is 16.3 Å². The summed E-state index contributed by atoms with van der Waals surface area (Å²) < 4.78 is 5.75. The smallest absolute Gasteiger partial charge is 0.138 e. The van der Waals surface area contributed by atoms with Crippen molar-refractivity contribution in [3.05, 3.63) is 28.8 Å². The molecule has 0 amide bonds. The molecule has 0 saturated heterocycles. The van der Waals surface area contributed by atoms with Gasteiger partial charge in [0.2, 0.25) is 0 Å². The van der Waals surface area contributed by atoms with Crippen LogP contribution < -0.4 is 4.74 Å². The van der Waals surface area contributed by atoms with Crippen LogP contribution in [0.1, 0.15) is 31.7 Å². The maximum Gasteiger partial charge on any atom is 0.138 e. The first-order chi connectivity index (χ1) is 6.79. The van der Waals surface area contributed by atoms with Gasteiger partial charge in [-0.15, -0.1) is 0 Å². The highest BCUT2D eigenvalue weighted by molar-refractivity contribution is 6.32. The van der Waals surface area contributed by atoms with Crippen molar-refractivity contribution in [1.29, 1.82) is 0 Å². The fourth-order valence-electron chi connectivity index (χ4n) is 1.53.